The second-order valence-electron chi connectivity index (χ2n) is 6.89. The Hall–Kier alpha value is -1.39. The molecular weight excluding hydrogens is 330 g/mol. The largest absolute Gasteiger partial charge is 0.465 e. The minimum atomic E-state index is -0.793. The average Bonchev–Trinajstić information content (AvgIpc) is 2.63. The molecule has 26 heavy (non-hydrogen) atoms. The number of carbonyl (C=O) groups excluding carboxylic acids is 3. The van der Waals surface area contributed by atoms with Crippen LogP contribution in [0.2, 0.25) is 0 Å². The number of ether oxygens (including phenoxy) is 1. The van der Waals surface area contributed by atoms with Gasteiger partial charge in [0.2, 0.25) is 5.91 Å². The van der Waals surface area contributed by atoms with E-state index in [-0.39, 0.29) is 13.2 Å². The van der Waals surface area contributed by atoms with Crippen LogP contribution in [-0.2, 0) is 19.1 Å². The number of carbonyl (C=O) groups is 3. The summed E-state index contributed by atoms with van der Waals surface area (Å²) in [7, 11) is 0. The highest BCUT2D eigenvalue weighted by molar-refractivity contribution is 5.98. The molecule has 0 saturated heterocycles. The van der Waals surface area contributed by atoms with Crippen LogP contribution in [0.15, 0.2) is 0 Å². The zero-order valence-electron chi connectivity index (χ0n) is 16.9. The fourth-order valence-corrected chi connectivity index (χ4v) is 3.05. The zero-order valence-corrected chi connectivity index (χ0v) is 16.9. The average molecular weight is 370 g/mol. The summed E-state index contributed by atoms with van der Waals surface area (Å²) < 4.78 is 4.97. The lowest BCUT2D eigenvalue weighted by Crippen LogP contribution is -2.37. The van der Waals surface area contributed by atoms with Crippen LogP contribution in [0.3, 0.4) is 0 Å². The summed E-state index contributed by atoms with van der Waals surface area (Å²) in [6.45, 7) is 4.16. The lowest BCUT2D eigenvalue weighted by molar-refractivity contribution is -0.152. The Morgan fingerprint density at radius 3 is 1.81 bits per heavy atom. The molecule has 0 aromatic carbocycles. The first-order chi connectivity index (χ1) is 12.7. The Balaban J connectivity index is 3.76. The Morgan fingerprint density at radius 2 is 1.35 bits per heavy atom. The maximum atomic E-state index is 12.0. The van der Waals surface area contributed by atoms with Gasteiger partial charge in [0, 0.05) is 0 Å². The number of rotatable bonds is 18. The van der Waals surface area contributed by atoms with Gasteiger partial charge in [-0.05, 0) is 13.3 Å². The third kappa shape index (κ3) is 13.9. The van der Waals surface area contributed by atoms with Gasteiger partial charge in [-0.3, -0.25) is 9.59 Å². The van der Waals surface area contributed by atoms with Crippen molar-refractivity contribution < 1.29 is 19.1 Å². The maximum Gasteiger partial charge on any atom is 0.318 e. The van der Waals surface area contributed by atoms with E-state index in [9.17, 15) is 14.4 Å². The molecule has 0 aromatic rings. The Morgan fingerprint density at radius 1 is 0.846 bits per heavy atom. The summed E-state index contributed by atoms with van der Waals surface area (Å²) in [5.41, 5.74) is 0. The molecule has 0 aromatic heterocycles. The van der Waals surface area contributed by atoms with Gasteiger partial charge in [0.1, 0.15) is 12.2 Å². The second kappa shape index (κ2) is 18.4. The van der Waals surface area contributed by atoms with E-state index < -0.39 is 17.8 Å². The number of esters is 1. The fraction of sp³-hybridized carbons (Fsp3) is 0.857. The van der Waals surface area contributed by atoms with Crippen molar-refractivity contribution in [2.45, 2.75) is 97.3 Å². The molecule has 5 nitrogen and oxygen atoms in total. The molecule has 0 rings (SSSR count). The van der Waals surface area contributed by atoms with Crippen molar-refractivity contribution >= 4 is 18.2 Å². The monoisotopic (exact) mass is 369 g/mol. The molecular formula is C21H39NO4. The highest BCUT2D eigenvalue weighted by atomic mass is 16.5. The van der Waals surface area contributed by atoms with Gasteiger partial charge in [0.05, 0.1) is 13.2 Å². The van der Waals surface area contributed by atoms with Crippen molar-refractivity contribution in [3.8, 4) is 0 Å². The quantitative estimate of drug-likeness (QED) is 0.166. The van der Waals surface area contributed by atoms with Crippen LogP contribution in [0.25, 0.3) is 0 Å². The minimum absolute atomic E-state index is 0.0623. The molecule has 0 fully saturated rings. The van der Waals surface area contributed by atoms with Gasteiger partial charge < -0.3 is 14.8 Å². The molecule has 0 spiro atoms. The molecule has 0 aliphatic heterocycles. The van der Waals surface area contributed by atoms with Crippen LogP contribution in [0.1, 0.15) is 97.3 Å². The number of unbranched alkanes of at least 4 members (excludes halogenated alkanes) is 11. The molecule has 0 aliphatic rings. The normalized spacial score (nSPS) is 11.8. The van der Waals surface area contributed by atoms with Crippen molar-refractivity contribution in [3.63, 3.8) is 0 Å². The second-order valence-corrected chi connectivity index (χ2v) is 6.89. The molecule has 0 radical (unpaired) electrons. The SMILES string of the molecule is CCCCCCCCCCCCCCC(C(=O)NCC=O)C(=O)OCC. The lowest BCUT2D eigenvalue weighted by Gasteiger charge is -2.14. The lowest BCUT2D eigenvalue weighted by atomic mass is 9.99. The number of aldehydes is 1. The zero-order chi connectivity index (χ0) is 19.5. The van der Waals surface area contributed by atoms with E-state index in [1.54, 1.807) is 6.92 Å². The van der Waals surface area contributed by atoms with Gasteiger partial charge in [-0.1, -0.05) is 84.0 Å². The van der Waals surface area contributed by atoms with Gasteiger partial charge >= 0.3 is 5.97 Å². The number of hydrogen-bond donors (Lipinski definition) is 1. The van der Waals surface area contributed by atoms with E-state index in [1.807, 2.05) is 0 Å². The summed E-state index contributed by atoms with van der Waals surface area (Å²) in [5, 5.41) is 2.46. The van der Waals surface area contributed by atoms with E-state index in [1.165, 1.54) is 57.8 Å². The molecule has 0 heterocycles. The summed E-state index contributed by atoms with van der Waals surface area (Å²) in [6, 6.07) is 0. The van der Waals surface area contributed by atoms with Crippen molar-refractivity contribution in [2.75, 3.05) is 13.2 Å². The third-order valence-corrected chi connectivity index (χ3v) is 4.59. The standard InChI is InChI=1S/C21H39NO4/c1-3-5-6-7-8-9-10-11-12-13-14-15-16-19(21(25)26-4-2)20(24)22-17-18-23/h18-19H,3-17H2,1-2H3,(H,22,24). The first-order valence-corrected chi connectivity index (χ1v) is 10.5. The topological polar surface area (TPSA) is 72.5 Å². The van der Waals surface area contributed by atoms with Crippen molar-refractivity contribution in [1.29, 1.82) is 0 Å². The van der Waals surface area contributed by atoms with E-state index in [0.717, 1.165) is 19.3 Å². The van der Waals surface area contributed by atoms with E-state index in [0.29, 0.717) is 12.7 Å². The van der Waals surface area contributed by atoms with Crippen molar-refractivity contribution in [3.05, 3.63) is 0 Å². The maximum absolute atomic E-state index is 12.0. The summed E-state index contributed by atoms with van der Waals surface area (Å²) in [4.78, 5) is 34.3. The molecule has 5 heteroatoms. The van der Waals surface area contributed by atoms with Crippen LogP contribution in [0.4, 0.5) is 0 Å². The predicted octanol–water partition coefficient (Wildman–Crippen LogP) is 4.57. The first kappa shape index (κ1) is 24.6. The summed E-state index contributed by atoms with van der Waals surface area (Å²) in [5.74, 6) is -1.68. The molecule has 152 valence electrons. The molecule has 1 unspecified atom stereocenters. The van der Waals surface area contributed by atoms with E-state index >= 15 is 0 Å². The number of hydrogen-bond acceptors (Lipinski definition) is 4. The molecule has 1 N–H and O–H groups in total. The van der Waals surface area contributed by atoms with Gasteiger partial charge in [-0.15, -0.1) is 0 Å². The van der Waals surface area contributed by atoms with E-state index in [2.05, 4.69) is 12.2 Å². The number of amides is 1. The van der Waals surface area contributed by atoms with Crippen LogP contribution in [0.5, 0.6) is 0 Å². The molecule has 1 amide bonds. The van der Waals surface area contributed by atoms with Crippen LogP contribution >= 0.6 is 0 Å². The van der Waals surface area contributed by atoms with Crippen molar-refractivity contribution in [1.82, 2.24) is 5.32 Å². The number of nitrogens with one attached hydrogen (secondary N) is 1. The molecule has 0 bridgehead atoms. The Labute approximate surface area is 159 Å². The molecule has 0 saturated carbocycles. The van der Waals surface area contributed by atoms with Gasteiger partial charge in [-0.2, -0.15) is 0 Å². The predicted molar refractivity (Wildman–Crippen MR) is 105 cm³/mol. The van der Waals surface area contributed by atoms with Crippen molar-refractivity contribution in [2.24, 2.45) is 5.92 Å². The minimum Gasteiger partial charge on any atom is -0.465 e. The van der Waals surface area contributed by atoms with Gasteiger partial charge in [0.15, 0.2) is 0 Å². The summed E-state index contributed by atoms with van der Waals surface area (Å²) in [6.07, 6.45) is 16.0. The highest BCUT2D eigenvalue weighted by Crippen LogP contribution is 2.16. The summed E-state index contributed by atoms with van der Waals surface area (Å²) >= 11 is 0. The first-order valence-electron chi connectivity index (χ1n) is 10.5. The Bertz CT molecular complexity index is 371. The van der Waals surface area contributed by atoms with Crippen LogP contribution in [0, 0.1) is 5.92 Å². The van der Waals surface area contributed by atoms with Gasteiger partial charge in [-0.25, -0.2) is 0 Å². The van der Waals surface area contributed by atoms with Crippen LogP contribution < -0.4 is 5.32 Å². The third-order valence-electron chi connectivity index (χ3n) is 4.59. The van der Waals surface area contributed by atoms with Crippen LogP contribution in [-0.4, -0.2) is 31.3 Å². The molecule has 1 atom stereocenters. The Kier molecular flexibility index (Phi) is 17.4. The molecule has 0 aliphatic carbocycles. The fourth-order valence-electron chi connectivity index (χ4n) is 3.05. The highest BCUT2D eigenvalue weighted by Gasteiger charge is 2.27. The smallest absolute Gasteiger partial charge is 0.318 e. The van der Waals surface area contributed by atoms with Gasteiger partial charge in [0.25, 0.3) is 0 Å². The van der Waals surface area contributed by atoms with E-state index in [4.69, 9.17) is 4.74 Å².